The van der Waals surface area contributed by atoms with Crippen molar-refractivity contribution >= 4 is 66.6 Å². The third kappa shape index (κ3) is 7.25. The van der Waals surface area contributed by atoms with Crippen LogP contribution in [0.3, 0.4) is 0 Å². The van der Waals surface area contributed by atoms with Gasteiger partial charge in [-0.15, -0.1) is 23.2 Å². The minimum absolute atomic E-state index is 0.0108. The number of carbonyl (C=O) groups is 2. The largest absolute Gasteiger partial charge is 0.298 e. The lowest BCUT2D eigenvalue weighted by molar-refractivity contribution is -0.120. The third-order valence-corrected chi connectivity index (χ3v) is 4.24. The van der Waals surface area contributed by atoms with E-state index in [-0.39, 0.29) is 20.7 Å². The molecule has 0 saturated heterocycles. The van der Waals surface area contributed by atoms with Gasteiger partial charge in [-0.2, -0.15) is 0 Å². The van der Waals surface area contributed by atoms with Crippen molar-refractivity contribution in [3.05, 3.63) is 0 Å². The minimum Gasteiger partial charge on any atom is -0.298 e. The lowest BCUT2D eigenvalue weighted by Gasteiger charge is -2.22. The summed E-state index contributed by atoms with van der Waals surface area (Å²) in [5.41, 5.74) is 0. The van der Waals surface area contributed by atoms with E-state index in [9.17, 15) is 9.59 Å². The van der Waals surface area contributed by atoms with E-state index in [0.29, 0.717) is 12.3 Å². The average Bonchev–Trinajstić information content (AvgIpc) is 2.24. The van der Waals surface area contributed by atoms with Gasteiger partial charge in [0.1, 0.15) is 9.02 Å². The van der Waals surface area contributed by atoms with Crippen LogP contribution < -0.4 is 0 Å². The number of carbonyl (C=O) groups excluding carboxylic acids is 2. The Morgan fingerprint density at radius 1 is 1.31 bits per heavy atom. The summed E-state index contributed by atoms with van der Waals surface area (Å²) in [6.07, 6.45) is 4.23. The molecule has 94 valence electrons. The Morgan fingerprint density at radius 3 is 2.19 bits per heavy atom. The molecule has 0 radical (unpaired) electrons. The molecule has 0 aromatic rings. The van der Waals surface area contributed by atoms with Gasteiger partial charge in [-0.05, 0) is 12.8 Å². The molecule has 0 aliphatic heterocycles. The fraction of sp³-hybridized carbons (Fsp3) is 0.800. The van der Waals surface area contributed by atoms with Crippen LogP contribution >= 0.6 is 55.1 Å². The topological polar surface area (TPSA) is 34.1 Å². The predicted octanol–water partition coefficient (Wildman–Crippen LogP) is 4.04. The molecule has 0 aromatic carbocycles. The number of alkyl halides is 4. The molecule has 0 N–H and O–H groups in total. The van der Waals surface area contributed by atoms with E-state index in [4.69, 9.17) is 23.2 Å². The zero-order valence-corrected chi connectivity index (χ0v) is 13.5. The van der Waals surface area contributed by atoms with Gasteiger partial charge < -0.3 is 0 Å². The Labute approximate surface area is 123 Å². The summed E-state index contributed by atoms with van der Waals surface area (Å²) in [7, 11) is 0. The molecule has 0 spiro atoms. The first-order valence-electron chi connectivity index (χ1n) is 4.98. The van der Waals surface area contributed by atoms with Crippen LogP contribution in [0.5, 0.6) is 0 Å². The van der Waals surface area contributed by atoms with Crippen molar-refractivity contribution in [3.63, 3.8) is 0 Å². The Morgan fingerprint density at radius 2 is 1.94 bits per heavy atom. The van der Waals surface area contributed by atoms with E-state index in [1.165, 1.54) is 0 Å². The highest BCUT2D eigenvalue weighted by Crippen LogP contribution is 2.38. The quantitative estimate of drug-likeness (QED) is 0.675. The molecule has 1 fully saturated rings. The lowest BCUT2D eigenvalue weighted by Crippen LogP contribution is -2.27. The molecule has 1 saturated carbocycles. The Bertz CT molecular complexity index is 245. The third-order valence-electron chi connectivity index (χ3n) is 2.07. The summed E-state index contributed by atoms with van der Waals surface area (Å²) < 4.78 is -0.377. The average molecular weight is 397 g/mol. The maximum atomic E-state index is 11.0. The number of Topliss-reactive ketones (excluding diaryl/α,β-unsaturated/α-hetero) is 2. The van der Waals surface area contributed by atoms with E-state index < -0.39 is 0 Å². The molecule has 0 atom stereocenters. The van der Waals surface area contributed by atoms with Crippen LogP contribution in [0.4, 0.5) is 0 Å². The Balaban J connectivity index is 0.000000293. The number of hydrogen-bond acceptors (Lipinski definition) is 2. The van der Waals surface area contributed by atoms with Crippen molar-refractivity contribution in [2.45, 2.75) is 35.3 Å². The van der Waals surface area contributed by atoms with Crippen LogP contribution in [0.1, 0.15) is 32.1 Å². The van der Waals surface area contributed by atoms with Crippen LogP contribution in [0.15, 0.2) is 0 Å². The number of ketones is 2. The van der Waals surface area contributed by atoms with Gasteiger partial charge >= 0.3 is 0 Å². The van der Waals surface area contributed by atoms with Gasteiger partial charge in [-0.25, -0.2) is 0 Å². The van der Waals surface area contributed by atoms with Gasteiger partial charge in [0.2, 0.25) is 0 Å². The molecule has 6 heteroatoms. The Kier molecular flexibility index (Phi) is 9.39. The van der Waals surface area contributed by atoms with Crippen molar-refractivity contribution in [1.82, 2.24) is 0 Å². The molecule has 0 unspecified atom stereocenters. The number of halogens is 4. The van der Waals surface area contributed by atoms with Crippen molar-refractivity contribution in [3.8, 4) is 0 Å². The maximum absolute atomic E-state index is 11.0. The first-order chi connectivity index (χ1) is 7.44. The van der Waals surface area contributed by atoms with E-state index in [0.717, 1.165) is 25.7 Å². The van der Waals surface area contributed by atoms with Crippen molar-refractivity contribution < 1.29 is 9.59 Å². The number of hydrogen-bond donors (Lipinski definition) is 0. The lowest BCUT2D eigenvalue weighted by atomic mass is 9.99. The highest BCUT2D eigenvalue weighted by molar-refractivity contribution is 9.25. The smallest absolute Gasteiger partial charge is 0.160 e. The SMILES string of the molecule is O=C(CCl)CCCl.O=C1CCCCC1(Br)Br. The van der Waals surface area contributed by atoms with Crippen LogP contribution in [-0.4, -0.2) is 26.6 Å². The monoisotopic (exact) mass is 394 g/mol. The highest BCUT2D eigenvalue weighted by atomic mass is 79.9. The van der Waals surface area contributed by atoms with E-state index in [1.54, 1.807) is 0 Å². The first-order valence-corrected chi connectivity index (χ1v) is 7.64. The summed E-state index contributed by atoms with van der Waals surface area (Å²) in [5.74, 6) is 0.767. The van der Waals surface area contributed by atoms with Crippen LogP contribution in [0.2, 0.25) is 0 Å². The van der Waals surface area contributed by atoms with E-state index in [1.807, 2.05) is 0 Å². The summed E-state index contributed by atoms with van der Waals surface area (Å²) in [4.78, 5) is 21.2. The number of rotatable bonds is 3. The second-order valence-electron chi connectivity index (χ2n) is 3.45. The molecule has 0 heterocycles. The van der Waals surface area contributed by atoms with Gasteiger partial charge in [-0.1, -0.05) is 38.3 Å². The second-order valence-corrected chi connectivity index (χ2v) is 7.86. The van der Waals surface area contributed by atoms with Crippen LogP contribution in [-0.2, 0) is 9.59 Å². The molecule has 16 heavy (non-hydrogen) atoms. The maximum Gasteiger partial charge on any atom is 0.160 e. The molecule has 1 aliphatic carbocycles. The van der Waals surface area contributed by atoms with Gasteiger partial charge in [-0.3, -0.25) is 9.59 Å². The molecule has 0 bridgehead atoms. The molecular formula is C10H14Br2Cl2O2. The molecule has 1 aliphatic rings. The van der Waals surface area contributed by atoms with Gasteiger partial charge in [0, 0.05) is 18.7 Å². The zero-order valence-electron chi connectivity index (χ0n) is 8.78. The Hall–Kier alpha value is 0.880. The fourth-order valence-electron chi connectivity index (χ4n) is 1.13. The van der Waals surface area contributed by atoms with Gasteiger partial charge in [0.05, 0.1) is 5.88 Å². The molecule has 1 rings (SSSR count). The summed E-state index contributed by atoms with van der Waals surface area (Å²) >= 11 is 17.0. The molecular weight excluding hydrogens is 383 g/mol. The summed E-state index contributed by atoms with van der Waals surface area (Å²) in [6.45, 7) is 0. The fourth-order valence-corrected chi connectivity index (χ4v) is 2.43. The second kappa shape index (κ2) is 8.90. The zero-order chi connectivity index (χ0) is 12.6. The van der Waals surface area contributed by atoms with Crippen molar-refractivity contribution in [2.75, 3.05) is 11.8 Å². The summed E-state index contributed by atoms with van der Waals surface area (Å²) in [6, 6.07) is 0. The van der Waals surface area contributed by atoms with E-state index >= 15 is 0 Å². The summed E-state index contributed by atoms with van der Waals surface area (Å²) in [5, 5.41) is 0. The van der Waals surface area contributed by atoms with Crippen molar-refractivity contribution in [1.29, 1.82) is 0 Å². The highest BCUT2D eigenvalue weighted by Gasteiger charge is 2.33. The normalized spacial score (nSPS) is 18.6. The standard InChI is InChI=1S/C6H8Br2O.C4H6Cl2O/c7-6(8)4-2-1-3-5(6)9;5-2-1-4(7)3-6/h1-4H2;1-3H2. The van der Waals surface area contributed by atoms with E-state index in [2.05, 4.69) is 31.9 Å². The van der Waals surface area contributed by atoms with Gasteiger partial charge in [0.25, 0.3) is 0 Å². The first kappa shape index (κ1) is 16.9. The molecule has 0 aromatic heterocycles. The van der Waals surface area contributed by atoms with Crippen molar-refractivity contribution in [2.24, 2.45) is 0 Å². The van der Waals surface area contributed by atoms with Crippen LogP contribution in [0.25, 0.3) is 0 Å². The van der Waals surface area contributed by atoms with Crippen LogP contribution in [0, 0.1) is 0 Å². The minimum atomic E-state index is -0.377. The molecule has 2 nitrogen and oxygen atoms in total. The molecule has 0 amide bonds. The predicted molar refractivity (Wildman–Crippen MR) is 75.1 cm³/mol. The van der Waals surface area contributed by atoms with Gasteiger partial charge in [0.15, 0.2) is 5.78 Å².